The van der Waals surface area contributed by atoms with Gasteiger partial charge in [-0.15, -0.1) is 0 Å². The van der Waals surface area contributed by atoms with Crippen LogP contribution in [0.4, 0.5) is 0 Å². The van der Waals surface area contributed by atoms with Gasteiger partial charge in [0.2, 0.25) is 0 Å². The van der Waals surface area contributed by atoms with Crippen molar-refractivity contribution in [1.29, 1.82) is 0 Å². The molecule has 0 N–H and O–H groups in total. The Morgan fingerprint density at radius 3 is 2.65 bits per heavy atom. The smallest absolute Gasteiger partial charge is 0.313 e. The molecule has 0 spiro atoms. The van der Waals surface area contributed by atoms with Crippen LogP contribution in [0.15, 0.2) is 51.1 Å². The lowest BCUT2D eigenvalue weighted by molar-refractivity contribution is -0.111. The summed E-state index contributed by atoms with van der Waals surface area (Å²) in [5.74, 6) is -0.309. The third-order valence-corrected chi connectivity index (χ3v) is 2.66. The minimum absolute atomic E-state index is 0.0492. The molecule has 1 aliphatic rings. The van der Waals surface area contributed by atoms with Crippen molar-refractivity contribution in [3.63, 3.8) is 0 Å². The summed E-state index contributed by atoms with van der Waals surface area (Å²) < 4.78 is 4.96. The topological polar surface area (TPSA) is 59.6 Å². The average Bonchev–Trinajstić information content (AvgIpc) is 2.83. The Morgan fingerprint density at radius 2 is 2.00 bits per heavy atom. The van der Waals surface area contributed by atoms with E-state index in [1.165, 1.54) is 12.3 Å². The first-order valence-corrected chi connectivity index (χ1v) is 5.16. The molecule has 1 aliphatic carbocycles. The Labute approximate surface area is 98.3 Å². The number of aliphatic imine (C=N–C) groups is 1. The molecular weight excluding hydrogens is 218 g/mol. The van der Waals surface area contributed by atoms with Crippen molar-refractivity contribution in [3.8, 4) is 0 Å². The van der Waals surface area contributed by atoms with Gasteiger partial charge in [0.1, 0.15) is 0 Å². The zero-order valence-electron chi connectivity index (χ0n) is 9.56. The Kier molecular flexibility index (Phi) is 2.87. The highest BCUT2D eigenvalue weighted by atomic mass is 16.3. The Bertz CT molecular complexity index is 559. The van der Waals surface area contributed by atoms with Crippen LogP contribution in [0.1, 0.15) is 24.4 Å². The van der Waals surface area contributed by atoms with Crippen LogP contribution in [-0.2, 0) is 4.79 Å². The molecule has 4 heteroatoms. The van der Waals surface area contributed by atoms with E-state index < -0.39 is 5.91 Å². The first-order valence-electron chi connectivity index (χ1n) is 5.16. The van der Waals surface area contributed by atoms with E-state index in [-0.39, 0.29) is 11.5 Å². The van der Waals surface area contributed by atoms with Gasteiger partial charge in [-0.25, -0.2) is 4.99 Å². The maximum absolute atomic E-state index is 11.7. The van der Waals surface area contributed by atoms with E-state index in [9.17, 15) is 9.59 Å². The minimum atomic E-state index is -0.448. The summed E-state index contributed by atoms with van der Waals surface area (Å²) >= 11 is 0. The molecule has 4 nitrogen and oxygen atoms in total. The third kappa shape index (κ3) is 2.15. The summed E-state index contributed by atoms with van der Waals surface area (Å²) in [7, 11) is 0. The van der Waals surface area contributed by atoms with E-state index in [1.54, 1.807) is 32.1 Å². The molecule has 0 bridgehead atoms. The number of allylic oxidation sites excluding steroid dienone is 4. The summed E-state index contributed by atoms with van der Waals surface area (Å²) in [4.78, 5) is 27.0. The number of ketones is 1. The molecular formula is C13H11NO3. The molecule has 2 rings (SSSR count). The van der Waals surface area contributed by atoms with Gasteiger partial charge in [0, 0.05) is 5.57 Å². The molecule has 0 aliphatic heterocycles. The molecule has 1 aromatic heterocycles. The second-order valence-corrected chi connectivity index (χ2v) is 3.73. The van der Waals surface area contributed by atoms with Crippen molar-refractivity contribution in [3.05, 3.63) is 47.5 Å². The monoisotopic (exact) mass is 229 g/mol. The molecule has 1 aromatic rings. The van der Waals surface area contributed by atoms with Gasteiger partial charge < -0.3 is 4.42 Å². The lowest BCUT2D eigenvalue weighted by Gasteiger charge is -2.09. The highest BCUT2D eigenvalue weighted by molar-refractivity contribution is 6.24. The largest absolute Gasteiger partial charge is 0.459 e. The standard InChI is InChI=1S/C13H11NO3/c1-8-9(2)11(15)6-5-10(8)14-13(16)12-4-3-7-17-12/h3-7H,1-2H3. The van der Waals surface area contributed by atoms with Gasteiger partial charge >= 0.3 is 5.91 Å². The lowest BCUT2D eigenvalue weighted by atomic mass is 9.97. The van der Waals surface area contributed by atoms with Crippen LogP contribution in [0.2, 0.25) is 0 Å². The van der Waals surface area contributed by atoms with Gasteiger partial charge in [0.05, 0.1) is 12.0 Å². The minimum Gasteiger partial charge on any atom is -0.459 e. The van der Waals surface area contributed by atoms with Crippen molar-refractivity contribution in [2.24, 2.45) is 4.99 Å². The molecule has 1 amide bonds. The number of hydrogen-bond acceptors (Lipinski definition) is 3. The second kappa shape index (κ2) is 4.33. The molecule has 0 saturated heterocycles. The van der Waals surface area contributed by atoms with Crippen LogP contribution in [0.25, 0.3) is 0 Å². The first kappa shape index (κ1) is 11.3. The Morgan fingerprint density at radius 1 is 1.24 bits per heavy atom. The van der Waals surface area contributed by atoms with Crippen molar-refractivity contribution in [1.82, 2.24) is 0 Å². The number of carbonyl (C=O) groups is 2. The van der Waals surface area contributed by atoms with Crippen molar-refractivity contribution < 1.29 is 14.0 Å². The van der Waals surface area contributed by atoms with E-state index in [2.05, 4.69) is 4.99 Å². The number of hydrogen-bond donors (Lipinski definition) is 0. The molecule has 0 radical (unpaired) electrons. The molecule has 86 valence electrons. The quantitative estimate of drug-likeness (QED) is 0.694. The summed E-state index contributed by atoms with van der Waals surface area (Å²) in [6.45, 7) is 3.49. The van der Waals surface area contributed by atoms with Gasteiger partial charge in [-0.1, -0.05) is 0 Å². The first-order chi connectivity index (χ1) is 8.09. The van der Waals surface area contributed by atoms with Crippen molar-refractivity contribution >= 4 is 17.4 Å². The zero-order chi connectivity index (χ0) is 12.4. The van der Waals surface area contributed by atoms with Crippen LogP contribution < -0.4 is 0 Å². The highest BCUT2D eigenvalue weighted by Gasteiger charge is 2.16. The van der Waals surface area contributed by atoms with E-state index in [1.807, 2.05) is 0 Å². The highest BCUT2D eigenvalue weighted by Crippen LogP contribution is 2.15. The summed E-state index contributed by atoms with van der Waals surface area (Å²) in [6, 6.07) is 3.18. The Balaban J connectivity index is 2.33. The van der Waals surface area contributed by atoms with Crippen LogP contribution in [-0.4, -0.2) is 17.4 Å². The SMILES string of the molecule is CC1=C(C)C(=NC(=O)c2ccco2)C=CC1=O. The van der Waals surface area contributed by atoms with Crippen LogP contribution in [0.5, 0.6) is 0 Å². The number of carbonyl (C=O) groups excluding carboxylic acids is 2. The average molecular weight is 229 g/mol. The number of furan rings is 1. The van der Waals surface area contributed by atoms with Crippen LogP contribution >= 0.6 is 0 Å². The van der Waals surface area contributed by atoms with Crippen LogP contribution in [0, 0.1) is 0 Å². The van der Waals surface area contributed by atoms with Crippen molar-refractivity contribution in [2.45, 2.75) is 13.8 Å². The fraction of sp³-hybridized carbons (Fsp3) is 0.154. The van der Waals surface area contributed by atoms with Gasteiger partial charge in [0.25, 0.3) is 0 Å². The molecule has 1 heterocycles. The van der Waals surface area contributed by atoms with Gasteiger partial charge in [-0.3, -0.25) is 9.59 Å². The van der Waals surface area contributed by atoms with Crippen LogP contribution in [0.3, 0.4) is 0 Å². The molecule has 0 aromatic carbocycles. The normalized spacial score (nSPS) is 18.0. The van der Waals surface area contributed by atoms with Gasteiger partial charge in [-0.2, -0.15) is 0 Å². The van der Waals surface area contributed by atoms with Crippen molar-refractivity contribution in [2.75, 3.05) is 0 Å². The number of rotatable bonds is 1. The molecule has 0 atom stereocenters. The van der Waals surface area contributed by atoms with E-state index in [4.69, 9.17) is 4.42 Å². The summed E-state index contributed by atoms with van der Waals surface area (Å²) in [5.41, 5.74) is 1.83. The second-order valence-electron chi connectivity index (χ2n) is 3.73. The van der Waals surface area contributed by atoms with E-state index >= 15 is 0 Å². The zero-order valence-corrected chi connectivity index (χ0v) is 9.56. The van der Waals surface area contributed by atoms with Gasteiger partial charge in [0.15, 0.2) is 11.5 Å². The van der Waals surface area contributed by atoms with Gasteiger partial charge in [-0.05, 0) is 43.7 Å². The number of amides is 1. The molecule has 0 fully saturated rings. The molecule has 17 heavy (non-hydrogen) atoms. The third-order valence-electron chi connectivity index (χ3n) is 2.66. The fourth-order valence-electron chi connectivity index (χ4n) is 1.47. The maximum Gasteiger partial charge on any atom is 0.313 e. The predicted molar refractivity (Wildman–Crippen MR) is 63.0 cm³/mol. The van der Waals surface area contributed by atoms with E-state index in [0.717, 1.165) is 5.57 Å². The lowest BCUT2D eigenvalue weighted by Crippen LogP contribution is -2.12. The number of nitrogens with zero attached hydrogens (tertiary/aromatic N) is 1. The Hall–Kier alpha value is -2.23. The summed E-state index contributed by atoms with van der Waals surface area (Å²) in [5, 5.41) is 0. The summed E-state index contributed by atoms with van der Waals surface area (Å²) in [6.07, 6.45) is 4.38. The van der Waals surface area contributed by atoms with E-state index in [0.29, 0.717) is 11.3 Å². The predicted octanol–water partition coefficient (Wildman–Crippen LogP) is 2.34. The maximum atomic E-state index is 11.7. The fourth-order valence-corrected chi connectivity index (χ4v) is 1.47. The molecule has 0 unspecified atom stereocenters. The molecule has 0 saturated carbocycles.